The molecule has 4 nitrogen and oxygen atoms in total. The van der Waals surface area contributed by atoms with Gasteiger partial charge in [0.2, 0.25) is 5.88 Å². The summed E-state index contributed by atoms with van der Waals surface area (Å²) in [6.07, 6.45) is 1.63. The first-order chi connectivity index (χ1) is 10.7. The minimum Gasteiger partial charge on any atom is -0.480 e. The van der Waals surface area contributed by atoms with Crippen LogP contribution >= 0.6 is 11.8 Å². The van der Waals surface area contributed by atoms with Crippen LogP contribution in [0.1, 0.15) is 26.9 Å². The minimum absolute atomic E-state index is 0.0273. The van der Waals surface area contributed by atoms with Crippen LogP contribution in [0.4, 0.5) is 0 Å². The van der Waals surface area contributed by atoms with Crippen LogP contribution in [0.3, 0.4) is 0 Å². The van der Waals surface area contributed by atoms with Crippen LogP contribution in [-0.4, -0.2) is 35.2 Å². The van der Waals surface area contributed by atoms with Crippen molar-refractivity contribution in [2.24, 2.45) is 0 Å². The van der Waals surface area contributed by atoms with Crippen molar-refractivity contribution in [1.82, 2.24) is 9.88 Å². The molecule has 1 unspecified atom stereocenters. The van der Waals surface area contributed by atoms with Gasteiger partial charge in [-0.05, 0) is 24.6 Å². The van der Waals surface area contributed by atoms with Crippen molar-refractivity contribution in [1.29, 1.82) is 0 Å². The molecular formula is C17H18N2O2S. The van der Waals surface area contributed by atoms with E-state index in [0.717, 1.165) is 17.9 Å². The highest BCUT2D eigenvalue weighted by Crippen LogP contribution is 2.39. The van der Waals surface area contributed by atoms with E-state index in [2.05, 4.69) is 36.2 Å². The molecule has 0 N–H and O–H groups in total. The van der Waals surface area contributed by atoms with E-state index in [9.17, 15) is 4.79 Å². The summed E-state index contributed by atoms with van der Waals surface area (Å²) in [5.41, 5.74) is 2.90. The first-order valence-electron chi connectivity index (χ1n) is 7.19. The van der Waals surface area contributed by atoms with Crippen LogP contribution in [0.5, 0.6) is 5.88 Å². The molecule has 1 amide bonds. The Bertz CT molecular complexity index is 673. The molecule has 5 heteroatoms. The zero-order chi connectivity index (χ0) is 15.5. The highest BCUT2D eigenvalue weighted by atomic mass is 32.2. The number of thioether (sulfide) groups is 1. The van der Waals surface area contributed by atoms with Crippen molar-refractivity contribution in [2.75, 3.05) is 19.4 Å². The topological polar surface area (TPSA) is 42.4 Å². The number of amides is 1. The number of benzene rings is 1. The maximum atomic E-state index is 12.9. The van der Waals surface area contributed by atoms with Crippen molar-refractivity contribution >= 4 is 17.7 Å². The fraction of sp³-hybridized carbons (Fsp3) is 0.294. The van der Waals surface area contributed by atoms with Gasteiger partial charge in [-0.2, -0.15) is 0 Å². The maximum absolute atomic E-state index is 12.9. The van der Waals surface area contributed by atoms with Gasteiger partial charge in [0.05, 0.1) is 7.11 Å². The number of ether oxygens (including phenoxy) is 1. The Hall–Kier alpha value is -2.01. The lowest BCUT2D eigenvalue weighted by atomic mass is 10.1. The van der Waals surface area contributed by atoms with Crippen molar-refractivity contribution in [2.45, 2.75) is 12.3 Å². The number of aryl methyl sites for hydroxylation is 1. The summed E-state index contributed by atoms with van der Waals surface area (Å²) < 4.78 is 5.22. The van der Waals surface area contributed by atoms with Crippen molar-refractivity contribution in [3.8, 4) is 5.88 Å². The number of hydrogen-bond donors (Lipinski definition) is 0. The number of carbonyl (C=O) groups is 1. The average molecular weight is 314 g/mol. The molecule has 0 aliphatic carbocycles. The standard InChI is InChI=1S/C17H18N2O2S/c1-12-5-7-13(8-6-12)17-19(10-11-22-17)16(20)14-4-3-9-18-15(14)21-2/h3-9,17H,10-11H2,1-2H3. The predicted octanol–water partition coefficient (Wildman–Crippen LogP) is 3.29. The van der Waals surface area contributed by atoms with E-state index >= 15 is 0 Å². The lowest BCUT2D eigenvalue weighted by Gasteiger charge is -2.24. The Morgan fingerprint density at radius 1 is 1.32 bits per heavy atom. The van der Waals surface area contributed by atoms with Crippen LogP contribution < -0.4 is 4.74 Å². The summed E-state index contributed by atoms with van der Waals surface area (Å²) in [5, 5.41) is 0.0537. The summed E-state index contributed by atoms with van der Waals surface area (Å²) >= 11 is 1.79. The van der Waals surface area contributed by atoms with E-state index in [1.54, 1.807) is 30.1 Å². The quantitative estimate of drug-likeness (QED) is 0.872. The van der Waals surface area contributed by atoms with E-state index in [0.29, 0.717) is 11.4 Å². The van der Waals surface area contributed by atoms with Gasteiger partial charge in [0.25, 0.3) is 5.91 Å². The molecule has 1 aromatic carbocycles. The van der Waals surface area contributed by atoms with Gasteiger partial charge in [0, 0.05) is 18.5 Å². The van der Waals surface area contributed by atoms with Gasteiger partial charge in [-0.1, -0.05) is 29.8 Å². The summed E-state index contributed by atoms with van der Waals surface area (Å²) in [6.45, 7) is 2.80. The van der Waals surface area contributed by atoms with Crippen LogP contribution in [-0.2, 0) is 0 Å². The molecular weight excluding hydrogens is 296 g/mol. The molecule has 1 saturated heterocycles. The van der Waals surface area contributed by atoms with Gasteiger partial charge in [-0.15, -0.1) is 11.8 Å². The third-order valence-electron chi connectivity index (χ3n) is 3.71. The second kappa shape index (κ2) is 6.40. The lowest BCUT2D eigenvalue weighted by Crippen LogP contribution is -2.30. The Morgan fingerprint density at radius 2 is 2.09 bits per heavy atom. The first kappa shape index (κ1) is 14.9. The SMILES string of the molecule is COc1ncccc1C(=O)N1CCSC1c1ccc(C)cc1. The zero-order valence-electron chi connectivity index (χ0n) is 12.7. The largest absolute Gasteiger partial charge is 0.480 e. The highest BCUT2D eigenvalue weighted by Gasteiger charge is 2.32. The molecule has 0 spiro atoms. The highest BCUT2D eigenvalue weighted by molar-refractivity contribution is 7.99. The monoisotopic (exact) mass is 314 g/mol. The molecule has 2 heterocycles. The Labute approximate surface area is 134 Å². The van der Waals surface area contributed by atoms with Gasteiger partial charge >= 0.3 is 0 Å². The Morgan fingerprint density at radius 3 is 2.82 bits per heavy atom. The number of hydrogen-bond acceptors (Lipinski definition) is 4. The van der Waals surface area contributed by atoms with Gasteiger partial charge < -0.3 is 9.64 Å². The van der Waals surface area contributed by atoms with Gasteiger partial charge in [-0.3, -0.25) is 4.79 Å². The van der Waals surface area contributed by atoms with E-state index in [4.69, 9.17) is 4.74 Å². The molecule has 1 aliphatic heterocycles. The smallest absolute Gasteiger partial charge is 0.260 e. The number of methoxy groups -OCH3 is 1. The summed E-state index contributed by atoms with van der Waals surface area (Å²) in [4.78, 5) is 18.9. The number of carbonyl (C=O) groups excluding carboxylic acids is 1. The summed E-state index contributed by atoms with van der Waals surface area (Å²) in [6, 6.07) is 11.9. The molecule has 0 saturated carbocycles. The van der Waals surface area contributed by atoms with Crippen LogP contribution in [0, 0.1) is 6.92 Å². The van der Waals surface area contributed by atoms with E-state index in [-0.39, 0.29) is 11.3 Å². The van der Waals surface area contributed by atoms with Crippen molar-refractivity contribution < 1.29 is 9.53 Å². The number of pyridine rings is 1. The average Bonchev–Trinajstić information content (AvgIpc) is 3.04. The molecule has 22 heavy (non-hydrogen) atoms. The maximum Gasteiger partial charge on any atom is 0.260 e. The normalized spacial score (nSPS) is 17.5. The summed E-state index contributed by atoms with van der Waals surface area (Å²) in [7, 11) is 1.54. The summed E-state index contributed by atoms with van der Waals surface area (Å²) in [5.74, 6) is 1.29. The number of nitrogens with zero attached hydrogens (tertiary/aromatic N) is 2. The van der Waals surface area contributed by atoms with Crippen LogP contribution in [0.15, 0.2) is 42.6 Å². The minimum atomic E-state index is -0.0273. The molecule has 1 aliphatic rings. The molecule has 114 valence electrons. The zero-order valence-corrected chi connectivity index (χ0v) is 13.5. The van der Waals surface area contributed by atoms with E-state index in [1.807, 2.05) is 4.90 Å². The fourth-order valence-corrected chi connectivity index (χ4v) is 3.81. The van der Waals surface area contributed by atoms with Gasteiger partial charge in [0.15, 0.2) is 0 Å². The number of rotatable bonds is 3. The second-order valence-electron chi connectivity index (χ2n) is 5.19. The molecule has 3 rings (SSSR count). The Balaban J connectivity index is 1.89. The van der Waals surface area contributed by atoms with E-state index < -0.39 is 0 Å². The van der Waals surface area contributed by atoms with Crippen LogP contribution in [0.2, 0.25) is 0 Å². The molecule has 0 bridgehead atoms. The third kappa shape index (κ3) is 2.81. The predicted molar refractivity (Wildman–Crippen MR) is 88.2 cm³/mol. The fourth-order valence-electron chi connectivity index (χ4n) is 2.56. The van der Waals surface area contributed by atoms with E-state index in [1.165, 1.54) is 12.7 Å². The second-order valence-corrected chi connectivity index (χ2v) is 6.38. The first-order valence-corrected chi connectivity index (χ1v) is 8.23. The van der Waals surface area contributed by atoms with Crippen molar-refractivity contribution in [3.63, 3.8) is 0 Å². The molecule has 1 atom stereocenters. The molecule has 1 fully saturated rings. The van der Waals surface area contributed by atoms with Gasteiger partial charge in [-0.25, -0.2) is 4.98 Å². The van der Waals surface area contributed by atoms with Crippen molar-refractivity contribution in [3.05, 3.63) is 59.3 Å². The van der Waals surface area contributed by atoms with Crippen LogP contribution in [0.25, 0.3) is 0 Å². The molecule has 1 aromatic heterocycles. The Kier molecular flexibility index (Phi) is 4.34. The third-order valence-corrected chi connectivity index (χ3v) is 4.97. The molecule has 2 aromatic rings. The lowest BCUT2D eigenvalue weighted by molar-refractivity contribution is 0.0756. The molecule has 0 radical (unpaired) electrons. The number of aromatic nitrogens is 1. The van der Waals surface area contributed by atoms with Gasteiger partial charge in [0.1, 0.15) is 10.9 Å².